The van der Waals surface area contributed by atoms with Gasteiger partial charge < -0.3 is 19.3 Å². The third-order valence-corrected chi connectivity index (χ3v) is 7.16. The molecule has 0 unspecified atom stereocenters. The number of rotatable bonds is 6. The van der Waals surface area contributed by atoms with Gasteiger partial charge in [0, 0.05) is 14.1 Å². The minimum atomic E-state index is 0.163. The van der Waals surface area contributed by atoms with Crippen molar-refractivity contribution < 1.29 is 9.47 Å². The zero-order valence-electron chi connectivity index (χ0n) is 23.8. The lowest BCUT2D eigenvalue weighted by Crippen LogP contribution is -2.24. The predicted molar refractivity (Wildman–Crippen MR) is 161 cm³/mol. The van der Waals surface area contributed by atoms with Gasteiger partial charge in [0.1, 0.15) is 11.5 Å². The van der Waals surface area contributed by atoms with Gasteiger partial charge in [-0.15, -0.1) is 0 Å². The molecule has 4 heteroatoms. The van der Waals surface area contributed by atoms with Gasteiger partial charge in [-0.2, -0.15) is 0 Å². The van der Waals surface area contributed by atoms with Crippen LogP contribution in [0.3, 0.4) is 0 Å². The molecule has 0 saturated carbocycles. The number of hydrogen-bond acceptors (Lipinski definition) is 4. The molecule has 0 atom stereocenters. The Balaban J connectivity index is 1.48. The van der Waals surface area contributed by atoms with Crippen LogP contribution in [0.4, 0.5) is 22.7 Å². The number of hydrogen-bond donors (Lipinski definition) is 0. The van der Waals surface area contributed by atoms with Gasteiger partial charge in [0.2, 0.25) is 0 Å². The summed E-state index contributed by atoms with van der Waals surface area (Å²) in [5.74, 6) is 1.83. The highest BCUT2D eigenvalue weighted by Crippen LogP contribution is 2.49. The van der Waals surface area contributed by atoms with Crippen LogP contribution >= 0.6 is 0 Å². The molecular weight excluding hydrogens is 468 g/mol. The smallest absolute Gasteiger partial charge is 0.119 e. The van der Waals surface area contributed by atoms with Crippen molar-refractivity contribution in [2.24, 2.45) is 0 Å². The first kappa shape index (κ1) is 25.7. The average Bonchev–Trinajstić information content (AvgIpc) is 2.86. The first-order valence-electron chi connectivity index (χ1n) is 13.4. The van der Waals surface area contributed by atoms with Gasteiger partial charge in [-0.1, -0.05) is 24.3 Å². The van der Waals surface area contributed by atoms with Crippen molar-refractivity contribution in [1.82, 2.24) is 0 Å². The minimum Gasteiger partial charge on any atom is -0.491 e. The van der Waals surface area contributed by atoms with Crippen LogP contribution in [0.2, 0.25) is 0 Å². The molecule has 0 aliphatic carbocycles. The standard InChI is InChI=1S/C34H38N2O2/c1-21(2)37-27-11-13-29(23(5)17-27)25-9-15-31-33(19-25)35(7)32-16-10-26(20-34(32)36(31)8)30-14-12-28(18-24(30)6)38-22(3)4/h9-22H,1-8H3. The number of benzene rings is 4. The summed E-state index contributed by atoms with van der Waals surface area (Å²) in [4.78, 5) is 4.60. The molecule has 0 aromatic heterocycles. The number of nitrogens with zero attached hydrogens (tertiary/aromatic N) is 2. The molecule has 5 rings (SSSR count). The summed E-state index contributed by atoms with van der Waals surface area (Å²) in [5, 5.41) is 0. The fourth-order valence-electron chi connectivity index (χ4n) is 5.36. The van der Waals surface area contributed by atoms with E-state index in [1.165, 1.54) is 56.1 Å². The molecule has 4 nitrogen and oxygen atoms in total. The van der Waals surface area contributed by atoms with E-state index in [1.807, 2.05) is 0 Å². The molecule has 0 amide bonds. The summed E-state index contributed by atoms with van der Waals surface area (Å²) in [6, 6.07) is 26.2. The second-order valence-corrected chi connectivity index (χ2v) is 10.8. The van der Waals surface area contributed by atoms with Crippen molar-refractivity contribution in [2.45, 2.75) is 53.8 Å². The van der Waals surface area contributed by atoms with Crippen LogP contribution < -0.4 is 19.3 Å². The van der Waals surface area contributed by atoms with Crippen LogP contribution in [0.5, 0.6) is 11.5 Å². The number of aryl methyl sites for hydroxylation is 2. The summed E-state index contributed by atoms with van der Waals surface area (Å²) >= 11 is 0. The van der Waals surface area contributed by atoms with Gasteiger partial charge in [-0.3, -0.25) is 0 Å². The highest BCUT2D eigenvalue weighted by molar-refractivity contribution is 5.96. The molecule has 1 aliphatic rings. The number of ether oxygens (including phenoxy) is 2. The maximum absolute atomic E-state index is 5.90. The van der Waals surface area contributed by atoms with Crippen molar-refractivity contribution in [3.05, 3.63) is 83.9 Å². The van der Waals surface area contributed by atoms with Gasteiger partial charge in [0.15, 0.2) is 0 Å². The van der Waals surface area contributed by atoms with Crippen molar-refractivity contribution >= 4 is 22.7 Å². The molecule has 1 heterocycles. The van der Waals surface area contributed by atoms with Crippen LogP contribution in [-0.4, -0.2) is 26.3 Å². The second-order valence-electron chi connectivity index (χ2n) is 10.8. The largest absolute Gasteiger partial charge is 0.491 e. The molecule has 0 radical (unpaired) electrons. The maximum atomic E-state index is 5.90. The van der Waals surface area contributed by atoms with E-state index in [-0.39, 0.29) is 12.2 Å². The summed E-state index contributed by atoms with van der Waals surface area (Å²) in [6.45, 7) is 12.5. The van der Waals surface area contributed by atoms with Crippen LogP contribution in [0.15, 0.2) is 72.8 Å². The van der Waals surface area contributed by atoms with Crippen molar-refractivity contribution in [2.75, 3.05) is 23.9 Å². The molecule has 196 valence electrons. The van der Waals surface area contributed by atoms with Gasteiger partial charge in [0.05, 0.1) is 35.0 Å². The summed E-state index contributed by atoms with van der Waals surface area (Å²) in [7, 11) is 4.31. The maximum Gasteiger partial charge on any atom is 0.119 e. The number of fused-ring (bicyclic) bond motifs is 2. The third-order valence-electron chi connectivity index (χ3n) is 7.16. The van der Waals surface area contributed by atoms with E-state index in [9.17, 15) is 0 Å². The molecule has 38 heavy (non-hydrogen) atoms. The minimum absolute atomic E-state index is 0.163. The van der Waals surface area contributed by atoms with Crippen molar-refractivity contribution in [1.29, 1.82) is 0 Å². The first-order valence-corrected chi connectivity index (χ1v) is 13.4. The second kappa shape index (κ2) is 10.1. The molecule has 4 aromatic carbocycles. The summed E-state index contributed by atoms with van der Waals surface area (Å²) < 4.78 is 11.8. The Labute approximate surface area is 227 Å². The van der Waals surface area contributed by atoms with E-state index < -0.39 is 0 Å². The fourth-order valence-corrected chi connectivity index (χ4v) is 5.36. The quantitative estimate of drug-likeness (QED) is 0.260. The zero-order valence-corrected chi connectivity index (χ0v) is 23.8. The lowest BCUT2D eigenvalue weighted by atomic mass is 9.96. The van der Waals surface area contributed by atoms with E-state index in [4.69, 9.17) is 9.47 Å². The van der Waals surface area contributed by atoms with Crippen molar-refractivity contribution in [3.63, 3.8) is 0 Å². The van der Waals surface area contributed by atoms with Crippen LogP contribution in [0.1, 0.15) is 38.8 Å². The van der Waals surface area contributed by atoms with Crippen LogP contribution in [0.25, 0.3) is 22.3 Å². The summed E-state index contributed by atoms with van der Waals surface area (Å²) in [6.07, 6.45) is 0.326. The van der Waals surface area contributed by atoms with Crippen LogP contribution in [-0.2, 0) is 0 Å². The predicted octanol–water partition coefficient (Wildman–Crippen LogP) is 9.06. The molecule has 0 fully saturated rings. The first-order chi connectivity index (χ1) is 18.1. The van der Waals surface area contributed by atoms with Crippen LogP contribution in [0, 0.1) is 13.8 Å². The van der Waals surface area contributed by atoms with E-state index in [0.717, 1.165) is 11.5 Å². The average molecular weight is 507 g/mol. The molecule has 0 spiro atoms. The Morgan fingerprint density at radius 1 is 0.500 bits per heavy atom. The lowest BCUT2D eigenvalue weighted by molar-refractivity contribution is 0.242. The van der Waals surface area contributed by atoms with Gasteiger partial charge >= 0.3 is 0 Å². The lowest BCUT2D eigenvalue weighted by Gasteiger charge is -2.37. The van der Waals surface area contributed by atoms with Gasteiger partial charge in [-0.25, -0.2) is 0 Å². The molecule has 0 bridgehead atoms. The van der Waals surface area contributed by atoms with E-state index in [1.54, 1.807) is 0 Å². The SMILES string of the molecule is Cc1cc(OC(C)C)ccc1-c1ccc2c(c1)N(C)c1ccc(-c3ccc(OC(C)C)cc3C)cc1N2C. The Hall–Kier alpha value is -3.92. The Morgan fingerprint density at radius 2 is 0.895 bits per heavy atom. The molecule has 0 saturated heterocycles. The molecule has 4 aromatic rings. The molecule has 0 N–H and O–H groups in total. The summed E-state index contributed by atoms with van der Waals surface area (Å²) in [5.41, 5.74) is 12.0. The highest BCUT2D eigenvalue weighted by atomic mass is 16.5. The fraction of sp³-hybridized carbons (Fsp3) is 0.294. The van der Waals surface area contributed by atoms with E-state index >= 15 is 0 Å². The Kier molecular flexibility index (Phi) is 6.83. The Bertz CT molecular complexity index is 1380. The number of anilines is 4. The topological polar surface area (TPSA) is 24.9 Å². The monoisotopic (exact) mass is 506 g/mol. The highest BCUT2D eigenvalue weighted by Gasteiger charge is 2.25. The van der Waals surface area contributed by atoms with Gasteiger partial charge in [0.25, 0.3) is 0 Å². The van der Waals surface area contributed by atoms with Gasteiger partial charge in [-0.05, 0) is 123 Å². The zero-order chi connectivity index (χ0) is 27.1. The Morgan fingerprint density at radius 3 is 1.24 bits per heavy atom. The van der Waals surface area contributed by atoms with E-state index in [2.05, 4.69) is 138 Å². The van der Waals surface area contributed by atoms with Crippen molar-refractivity contribution in [3.8, 4) is 33.8 Å². The van der Waals surface area contributed by atoms with E-state index in [0.29, 0.717) is 0 Å². The molecular formula is C34H38N2O2. The molecule has 1 aliphatic heterocycles. The normalized spacial score (nSPS) is 12.6. The third kappa shape index (κ3) is 4.83.